The molecule has 0 bridgehead atoms. The molecule has 4 atom stereocenters. The van der Waals surface area contributed by atoms with Crippen LogP contribution >= 0.6 is 0 Å². The molecule has 2 nitrogen and oxygen atoms in total. The summed E-state index contributed by atoms with van der Waals surface area (Å²) in [5, 5.41) is 3.83. The van der Waals surface area contributed by atoms with Crippen molar-refractivity contribution in [1.82, 2.24) is 5.32 Å². The van der Waals surface area contributed by atoms with E-state index in [2.05, 4.69) is 41.7 Å². The van der Waals surface area contributed by atoms with Crippen LogP contribution in [0, 0.1) is 5.92 Å². The SMILES string of the molecule is O=C1C2CCCCC2NC(c2ccccc2)C1c1ccccc1. The number of carbonyl (C=O) groups is 1. The van der Waals surface area contributed by atoms with Crippen molar-refractivity contribution in [3.63, 3.8) is 0 Å². The molecular formula is C21H23NO. The van der Waals surface area contributed by atoms with E-state index in [1.807, 2.05) is 24.3 Å². The lowest BCUT2D eigenvalue weighted by molar-refractivity contribution is -0.129. The van der Waals surface area contributed by atoms with Gasteiger partial charge in [0.2, 0.25) is 0 Å². The minimum atomic E-state index is -0.0713. The van der Waals surface area contributed by atoms with Gasteiger partial charge in [-0.2, -0.15) is 0 Å². The third-order valence-corrected chi connectivity index (χ3v) is 5.48. The van der Waals surface area contributed by atoms with Gasteiger partial charge in [0.1, 0.15) is 5.78 Å². The summed E-state index contributed by atoms with van der Waals surface area (Å²) in [7, 11) is 0. The quantitative estimate of drug-likeness (QED) is 0.899. The number of hydrogen-bond donors (Lipinski definition) is 1. The van der Waals surface area contributed by atoms with Crippen LogP contribution in [0.1, 0.15) is 48.8 Å². The molecular weight excluding hydrogens is 282 g/mol. The van der Waals surface area contributed by atoms with Crippen LogP contribution in [0.2, 0.25) is 0 Å². The van der Waals surface area contributed by atoms with Crippen molar-refractivity contribution in [3.8, 4) is 0 Å². The number of rotatable bonds is 2. The zero-order chi connectivity index (χ0) is 15.6. The van der Waals surface area contributed by atoms with Crippen molar-refractivity contribution in [3.05, 3.63) is 71.8 Å². The maximum absolute atomic E-state index is 13.3. The van der Waals surface area contributed by atoms with Gasteiger partial charge in [-0.3, -0.25) is 4.79 Å². The fraction of sp³-hybridized carbons (Fsp3) is 0.381. The largest absolute Gasteiger partial charge is 0.306 e. The van der Waals surface area contributed by atoms with Crippen molar-refractivity contribution >= 4 is 5.78 Å². The molecule has 2 heteroatoms. The monoisotopic (exact) mass is 305 g/mol. The van der Waals surface area contributed by atoms with Gasteiger partial charge < -0.3 is 5.32 Å². The number of fused-ring (bicyclic) bond motifs is 1. The topological polar surface area (TPSA) is 29.1 Å². The van der Waals surface area contributed by atoms with Gasteiger partial charge in [0, 0.05) is 18.0 Å². The lowest BCUT2D eigenvalue weighted by atomic mass is 9.69. The lowest BCUT2D eigenvalue weighted by Gasteiger charge is -2.44. The number of nitrogens with one attached hydrogen (secondary N) is 1. The Morgan fingerprint density at radius 1 is 0.783 bits per heavy atom. The van der Waals surface area contributed by atoms with Crippen LogP contribution in [0.3, 0.4) is 0 Å². The summed E-state index contributed by atoms with van der Waals surface area (Å²) in [6, 6.07) is 21.2. The fourth-order valence-corrected chi connectivity index (χ4v) is 4.36. The van der Waals surface area contributed by atoms with E-state index in [1.54, 1.807) is 0 Å². The van der Waals surface area contributed by atoms with Gasteiger partial charge in [-0.15, -0.1) is 0 Å². The summed E-state index contributed by atoms with van der Waals surface area (Å²) in [5.74, 6) is 0.556. The zero-order valence-electron chi connectivity index (χ0n) is 13.3. The molecule has 1 saturated heterocycles. The molecule has 2 aromatic rings. The summed E-state index contributed by atoms with van der Waals surface area (Å²) in [6.07, 6.45) is 4.59. The first-order valence-electron chi connectivity index (χ1n) is 8.74. The van der Waals surface area contributed by atoms with E-state index in [9.17, 15) is 4.79 Å². The molecule has 0 radical (unpaired) electrons. The third kappa shape index (κ3) is 2.72. The third-order valence-electron chi connectivity index (χ3n) is 5.48. The van der Waals surface area contributed by atoms with E-state index in [0.717, 1.165) is 18.4 Å². The number of Topliss-reactive ketones (excluding diaryl/α,β-unsaturated/α-hetero) is 1. The molecule has 2 aromatic carbocycles. The summed E-state index contributed by atoms with van der Waals surface area (Å²) in [4.78, 5) is 13.3. The van der Waals surface area contributed by atoms with Gasteiger partial charge in [0.15, 0.2) is 0 Å². The van der Waals surface area contributed by atoms with Crippen LogP contribution in [0.25, 0.3) is 0 Å². The molecule has 1 N–H and O–H groups in total. The van der Waals surface area contributed by atoms with E-state index in [1.165, 1.54) is 18.4 Å². The molecule has 2 aliphatic rings. The summed E-state index contributed by atoms with van der Waals surface area (Å²) in [5.41, 5.74) is 2.36. The molecule has 1 heterocycles. The predicted molar refractivity (Wildman–Crippen MR) is 92.3 cm³/mol. The lowest BCUT2D eigenvalue weighted by Crippen LogP contribution is -2.53. The Morgan fingerprint density at radius 2 is 1.39 bits per heavy atom. The van der Waals surface area contributed by atoms with E-state index < -0.39 is 0 Å². The van der Waals surface area contributed by atoms with Crippen LogP contribution in [-0.2, 0) is 4.79 Å². The van der Waals surface area contributed by atoms with Gasteiger partial charge in [0.05, 0.1) is 5.92 Å². The minimum absolute atomic E-state index is 0.0713. The van der Waals surface area contributed by atoms with E-state index >= 15 is 0 Å². The van der Waals surface area contributed by atoms with Gasteiger partial charge in [-0.1, -0.05) is 73.5 Å². The molecule has 4 unspecified atom stereocenters. The second kappa shape index (κ2) is 6.29. The second-order valence-electron chi connectivity index (χ2n) is 6.84. The van der Waals surface area contributed by atoms with Crippen molar-refractivity contribution < 1.29 is 4.79 Å². The number of ketones is 1. The Labute approximate surface area is 137 Å². The van der Waals surface area contributed by atoms with Crippen LogP contribution in [0.5, 0.6) is 0 Å². The maximum atomic E-state index is 13.3. The first-order chi connectivity index (χ1) is 11.3. The van der Waals surface area contributed by atoms with E-state index in [-0.39, 0.29) is 17.9 Å². The van der Waals surface area contributed by atoms with Crippen LogP contribution in [0.15, 0.2) is 60.7 Å². The molecule has 2 fully saturated rings. The fourth-order valence-electron chi connectivity index (χ4n) is 4.36. The van der Waals surface area contributed by atoms with E-state index in [4.69, 9.17) is 0 Å². The first-order valence-corrected chi connectivity index (χ1v) is 8.74. The van der Waals surface area contributed by atoms with Gasteiger partial charge >= 0.3 is 0 Å². The predicted octanol–water partition coefficient (Wildman–Crippen LogP) is 4.24. The maximum Gasteiger partial charge on any atom is 0.146 e. The van der Waals surface area contributed by atoms with E-state index in [0.29, 0.717) is 11.8 Å². The molecule has 23 heavy (non-hydrogen) atoms. The molecule has 1 aliphatic carbocycles. The molecule has 1 aliphatic heterocycles. The highest BCUT2D eigenvalue weighted by Gasteiger charge is 2.45. The number of benzene rings is 2. The average molecular weight is 305 g/mol. The molecule has 4 rings (SSSR count). The van der Waals surface area contributed by atoms with Crippen molar-refractivity contribution in [1.29, 1.82) is 0 Å². The molecule has 118 valence electrons. The normalized spacial score (nSPS) is 30.7. The number of carbonyl (C=O) groups excluding carboxylic acids is 1. The zero-order valence-corrected chi connectivity index (χ0v) is 13.3. The van der Waals surface area contributed by atoms with Crippen LogP contribution < -0.4 is 5.32 Å². The number of piperidine rings is 1. The smallest absolute Gasteiger partial charge is 0.146 e. The highest BCUT2D eigenvalue weighted by molar-refractivity contribution is 5.90. The Hall–Kier alpha value is -1.93. The van der Waals surface area contributed by atoms with Crippen molar-refractivity contribution in [2.24, 2.45) is 5.92 Å². The van der Waals surface area contributed by atoms with Gasteiger partial charge in [-0.25, -0.2) is 0 Å². The van der Waals surface area contributed by atoms with Crippen LogP contribution in [0.4, 0.5) is 0 Å². The van der Waals surface area contributed by atoms with Gasteiger partial charge in [0.25, 0.3) is 0 Å². The Kier molecular flexibility index (Phi) is 4.00. The molecule has 0 aromatic heterocycles. The highest BCUT2D eigenvalue weighted by atomic mass is 16.1. The number of hydrogen-bond acceptors (Lipinski definition) is 2. The first kappa shape index (κ1) is 14.6. The molecule has 1 saturated carbocycles. The highest BCUT2D eigenvalue weighted by Crippen LogP contribution is 2.42. The van der Waals surface area contributed by atoms with Crippen LogP contribution in [-0.4, -0.2) is 11.8 Å². The Balaban J connectivity index is 1.75. The van der Waals surface area contributed by atoms with Crippen molar-refractivity contribution in [2.75, 3.05) is 0 Å². The summed E-state index contributed by atoms with van der Waals surface area (Å²) >= 11 is 0. The second-order valence-corrected chi connectivity index (χ2v) is 6.84. The standard InChI is InChI=1S/C21H23NO/c23-21-17-13-7-8-14-18(17)22-20(16-11-5-2-6-12-16)19(21)15-9-3-1-4-10-15/h1-6,9-12,17-20,22H,7-8,13-14H2. The minimum Gasteiger partial charge on any atom is -0.306 e. The molecule has 0 amide bonds. The molecule has 0 spiro atoms. The summed E-state index contributed by atoms with van der Waals surface area (Å²) < 4.78 is 0. The summed E-state index contributed by atoms with van der Waals surface area (Å²) in [6.45, 7) is 0. The van der Waals surface area contributed by atoms with Crippen molar-refractivity contribution in [2.45, 2.75) is 43.7 Å². The average Bonchev–Trinajstić information content (AvgIpc) is 2.63. The Morgan fingerprint density at radius 3 is 2.09 bits per heavy atom. The van der Waals surface area contributed by atoms with Gasteiger partial charge in [-0.05, 0) is 24.0 Å². The Bertz CT molecular complexity index is 667.